The van der Waals surface area contributed by atoms with E-state index in [1.54, 1.807) is 30.6 Å². The molecule has 0 saturated heterocycles. The van der Waals surface area contributed by atoms with Gasteiger partial charge in [0.1, 0.15) is 5.75 Å². The van der Waals surface area contributed by atoms with Gasteiger partial charge in [-0.2, -0.15) is 0 Å². The summed E-state index contributed by atoms with van der Waals surface area (Å²) < 4.78 is 10.6. The number of hydrogen-bond acceptors (Lipinski definition) is 7. The number of nitrogens with zero attached hydrogens (tertiary/aromatic N) is 2. The Morgan fingerprint density at radius 2 is 2.03 bits per heavy atom. The van der Waals surface area contributed by atoms with Crippen LogP contribution in [-0.2, 0) is 9.59 Å². The van der Waals surface area contributed by atoms with E-state index in [1.165, 1.54) is 25.3 Å². The zero-order valence-electron chi connectivity index (χ0n) is 16.8. The Bertz CT molecular complexity index is 1010. The van der Waals surface area contributed by atoms with Crippen LogP contribution in [0.25, 0.3) is 11.3 Å². The Labute approximate surface area is 178 Å². The quantitative estimate of drug-likeness (QED) is 0.441. The Morgan fingerprint density at radius 1 is 1.20 bits per heavy atom. The van der Waals surface area contributed by atoms with Gasteiger partial charge in [-0.15, -0.1) is 11.8 Å². The number of ether oxygens (including phenoxy) is 1. The molecule has 2 amide bonds. The molecule has 9 heteroatoms. The fraction of sp³-hybridized carbons (Fsp3) is 0.238. The molecule has 0 radical (unpaired) electrons. The molecule has 0 fully saturated rings. The molecule has 3 rings (SSSR count). The van der Waals surface area contributed by atoms with Crippen LogP contribution in [0, 0.1) is 0 Å². The number of carbonyl (C=O) groups is 2. The zero-order chi connectivity index (χ0) is 21.6. The molecule has 2 aromatic heterocycles. The van der Waals surface area contributed by atoms with E-state index in [0.29, 0.717) is 28.5 Å². The third-order valence-electron chi connectivity index (χ3n) is 4.03. The number of thioether (sulfide) groups is 1. The molecule has 0 saturated carbocycles. The highest BCUT2D eigenvalue weighted by Crippen LogP contribution is 2.32. The van der Waals surface area contributed by atoms with Crippen molar-refractivity contribution in [2.45, 2.75) is 24.4 Å². The van der Waals surface area contributed by atoms with Crippen LogP contribution in [0.5, 0.6) is 5.75 Å². The van der Waals surface area contributed by atoms with Crippen molar-refractivity contribution in [2.75, 3.05) is 18.2 Å². The third-order valence-corrected chi connectivity index (χ3v) is 5.44. The van der Waals surface area contributed by atoms with E-state index in [1.807, 2.05) is 32.0 Å². The predicted octanol–water partition coefficient (Wildman–Crippen LogP) is 3.37. The Kier molecular flexibility index (Phi) is 6.73. The SMILES string of the molecule is COc1cc(NC(=O)C(=O)NC(C)(C)CSc2ccccn2)ccc1-c1cnco1. The van der Waals surface area contributed by atoms with Crippen molar-refractivity contribution in [1.29, 1.82) is 0 Å². The second-order valence-electron chi connectivity index (χ2n) is 7.03. The van der Waals surface area contributed by atoms with Crippen LogP contribution in [-0.4, -0.2) is 40.2 Å². The van der Waals surface area contributed by atoms with Crippen molar-refractivity contribution >= 4 is 29.3 Å². The number of nitrogens with one attached hydrogen (secondary N) is 2. The highest BCUT2D eigenvalue weighted by molar-refractivity contribution is 7.99. The van der Waals surface area contributed by atoms with Gasteiger partial charge >= 0.3 is 11.8 Å². The van der Waals surface area contributed by atoms with Crippen molar-refractivity contribution in [2.24, 2.45) is 0 Å². The van der Waals surface area contributed by atoms with Gasteiger partial charge in [0.15, 0.2) is 12.2 Å². The summed E-state index contributed by atoms with van der Waals surface area (Å²) in [4.78, 5) is 32.9. The molecular weight excluding hydrogens is 404 g/mol. The summed E-state index contributed by atoms with van der Waals surface area (Å²) in [6.45, 7) is 3.70. The number of benzene rings is 1. The summed E-state index contributed by atoms with van der Waals surface area (Å²) in [6, 6.07) is 10.6. The van der Waals surface area contributed by atoms with Crippen molar-refractivity contribution in [1.82, 2.24) is 15.3 Å². The number of rotatable bonds is 7. The monoisotopic (exact) mass is 426 g/mol. The second kappa shape index (κ2) is 9.45. The summed E-state index contributed by atoms with van der Waals surface area (Å²) in [5.74, 6) is 0.0925. The minimum absolute atomic E-state index is 0.427. The summed E-state index contributed by atoms with van der Waals surface area (Å²) in [6.07, 6.45) is 4.60. The van der Waals surface area contributed by atoms with Crippen LogP contribution in [0.4, 0.5) is 5.69 Å². The molecule has 0 spiro atoms. The summed E-state index contributed by atoms with van der Waals surface area (Å²) in [5.41, 5.74) is 0.505. The van der Waals surface area contributed by atoms with Gasteiger partial charge in [0.05, 0.1) is 23.9 Å². The molecule has 0 aliphatic rings. The summed E-state index contributed by atoms with van der Waals surface area (Å²) >= 11 is 1.50. The highest BCUT2D eigenvalue weighted by atomic mass is 32.2. The molecule has 0 aliphatic heterocycles. The van der Waals surface area contributed by atoms with Crippen LogP contribution < -0.4 is 15.4 Å². The molecule has 8 nitrogen and oxygen atoms in total. The largest absolute Gasteiger partial charge is 0.496 e. The number of anilines is 1. The summed E-state index contributed by atoms with van der Waals surface area (Å²) in [7, 11) is 1.51. The molecule has 0 unspecified atom stereocenters. The van der Waals surface area contributed by atoms with Gasteiger partial charge in [0.2, 0.25) is 0 Å². The van der Waals surface area contributed by atoms with Crippen LogP contribution in [0.1, 0.15) is 13.8 Å². The lowest BCUT2D eigenvalue weighted by Crippen LogP contribution is -2.49. The van der Waals surface area contributed by atoms with Crippen LogP contribution >= 0.6 is 11.8 Å². The normalized spacial score (nSPS) is 11.0. The lowest BCUT2D eigenvalue weighted by Gasteiger charge is -2.25. The molecule has 2 N–H and O–H groups in total. The number of methoxy groups -OCH3 is 1. The Morgan fingerprint density at radius 3 is 2.70 bits per heavy atom. The van der Waals surface area contributed by atoms with Gasteiger partial charge in [0.25, 0.3) is 0 Å². The van der Waals surface area contributed by atoms with Crippen molar-refractivity contribution < 1.29 is 18.7 Å². The first kappa shape index (κ1) is 21.4. The molecule has 30 heavy (non-hydrogen) atoms. The molecule has 0 bridgehead atoms. The van der Waals surface area contributed by atoms with Gasteiger partial charge < -0.3 is 19.8 Å². The number of amides is 2. The van der Waals surface area contributed by atoms with Gasteiger partial charge in [-0.1, -0.05) is 6.07 Å². The van der Waals surface area contributed by atoms with Gasteiger partial charge in [-0.05, 0) is 38.1 Å². The summed E-state index contributed by atoms with van der Waals surface area (Å²) in [5, 5.41) is 6.19. The van der Waals surface area contributed by atoms with Gasteiger partial charge in [0, 0.05) is 29.2 Å². The maximum absolute atomic E-state index is 12.4. The van der Waals surface area contributed by atoms with Crippen LogP contribution in [0.15, 0.2) is 64.6 Å². The zero-order valence-corrected chi connectivity index (χ0v) is 17.7. The fourth-order valence-corrected chi connectivity index (χ4v) is 3.49. The first-order chi connectivity index (χ1) is 14.4. The maximum atomic E-state index is 12.4. The first-order valence-corrected chi connectivity index (χ1v) is 10.1. The Hall–Kier alpha value is -3.33. The molecule has 1 aromatic carbocycles. The van der Waals surface area contributed by atoms with Crippen molar-refractivity contribution in [3.8, 4) is 17.1 Å². The van der Waals surface area contributed by atoms with E-state index in [0.717, 1.165) is 5.03 Å². The van der Waals surface area contributed by atoms with Gasteiger partial charge in [-0.25, -0.2) is 9.97 Å². The lowest BCUT2D eigenvalue weighted by molar-refractivity contribution is -0.137. The highest BCUT2D eigenvalue weighted by Gasteiger charge is 2.25. The Balaban J connectivity index is 1.60. The molecule has 156 valence electrons. The van der Waals surface area contributed by atoms with Gasteiger partial charge in [-0.3, -0.25) is 9.59 Å². The smallest absolute Gasteiger partial charge is 0.313 e. The average Bonchev–Trinajstić information content (AvgIpc) is 3.27. The van der Waals surface area contributed by atoms with Crippen LogP contribution in [0.3, 0.4) is 0 Å². The molecule has 3 aromatic rings. The lowest BCUT2D eigenvalue weighted by atomic mass is 10.1. The van der Waals surface area contributed by atoms with E-state index in [4.69, 9.17) is 9.15 Å². The average molecular weight is 426 g/mol. The molecule has 0 aliphatic carbocycles. The maximum Gasteiger partial charge on any atom is 0.313 e. The van der Waals surface area contributed by atoms with E-state index in [-0.39, 0.29) is 0 Å². The van der Waals surface area contributed by atoms with E-state index < -0.39 is 17.4 Å². The minimum Gasteiger partial charge on any atom is -0.496 e. The predicted molar refractivity (Wildman–Crippen MR) is 114 cm³/mol. The minimum atomic E-state index is -0.764. The van der Waals surface area contributed by atoms with Crippen molar-refractivity contribution in [3.63, 3.8) is 0 Å². The molecule has 0 atom stereocenters. The molecular formula is C21H22N4O4S. The topological polar surface area (TPSA) is 106 Å². The van der Waals surface area contributed by atoms with Crippen LogP contribution in [0.2, 0.25) is 0 Å². The third kappa shape index (κ3) is 5.60. The van der Waals surface area contributed by atoms with E-state index >= 15 is 0 Å². The standard InChI is InChI=1S/C21H22N4O4S/c1-21(2,12-30-18-6-4-5-9-23-18)25-20(27)19(26)24-14-7-8-15(16(10-14)28-3)17-11-22-13-29-17/h4-11,13H,12H2,1-3H3,(H,24,26)(H,25,27). The van der Waals surface area contributed by atoms with E-state index in [2.05, 4.69) is 20.6 Å². The number of carbonyl (C=O) groups excluding carboxylic acids is 2. The van der Waals surface area contributed by atoms with Crippen molar-refractivity contribution in [3.05, 3.63) is 55.2 Å². The number of oxazole rings is 1. The second-order valence-corrected chi connectivity index (χ2v) is 8.03. The number of pyridine rings is 1. The fourth-order valence-electron chi connectivity index (χ4n) is 2.60. The van der Waals surface area contributed by atoms with E-state index in [9.17, 15) is 9.59 Å². The number of aromatic nitrogens is 2. The first-order valence-electron chi connectivity index (χ1n) is 9.12. The molecule has 2 heterocycles. The number of hydrogen-bond donors (Lipinski definition) is 2.